The molecule has 0 aliphatic heterocycles. The topological polar surface area (TPSA) is 20.2 Å². The molecule has 0 saturated heterocycles. The number of para-hydroxylation sites is 1. The summed E-state index contributed by atoms with van der Waals surface area (Å²) in [4.78, 5) is 0. The van der Waals surface area contributed by atoms with Crippen LogP contribution < -0.4 is 0 Å². The maximum atomic E-state index is 9.92. The predicted octanol–water partition coefficient (Wildman–Crippen LogP) is 6.93. The summed E-state index contributed by atoms with van der Waals surface area (Å²) in [5, 5.41) is 12.3. The van der Waals surface area contributed by atoms with E-state index in [4.69, 9.17) is 0 Å². The first-order valence-electron chi connectivity index (χ1n) is 8.64. The van der Waals surface area contributed by atoms with Crippen LogP contribution in [0.3, 0.4) is 0 Å². The van der Waals surface area contributed by atoms with Gasteiger partial charge in [0.2, 0.25) is 0 Å². The van der Waals surface area contributed by atoms with Crippen LogP contribution in [0.4, 0.5) is 0 Å². The van der Waals surface area contributed by atoms with Gasteiger partial charge in [0.25, 0.3) is 0 Å². The van der Waals surface area contributed by atoms with Gasteiger partial charge in [-0.2, -0.15) is 0 Å². The van der Waals surface area contributed by atoms with Crippen LogP contribution >= 0.6 is 0 Å². The number of phenolic OH excluding ortho intramolecular Hbond substituents is 1. The molecule has 0 amide bonds. The number of aromatic hydroxyl groups is 1. The standard InChI is InChI=1S/C16H12O.C9H10/c17-16-11-4-3-9-15(16)14-10-5-7-12-6-1-2-8-13(12)14;1-8(2)9-6-4-3-5-7-9/h1-11,17H;3-7H,1H2,2H3. The maximum Gasteiger partial charge on any atom is 0.123 e. The normalized spacial score (nSPS) is 10.0. The molecule has 0 unspecified atom stereocenters. The van der Waals surface area contributed by atoms with Crippen molar-refractivity contribution in [3.63, 3.8) is 0 Å². The molecule has 1 heteroatoms. The van der Waals surface area contributed by atoms with Gasteiger partial charge >= 0.3 is 0 Å². The largest absolute Gasteiger partial charge is 0.507 e. The molecule has 4 aromatic rings. The van der Waals surface area contributed by atoms with E-state index in [1.54, 1.807) is 6.07 Å². The molecule has 26 heavy (non-hydrogen) atoms. The van der Waals surface area contributed by atoms with E-state index in [1.807, 2.05) is 67.6 Å². The highest BCUT2D eigenvalue weighted by atomic mass is 16.3. The van der Waals surface area contributed by atoms with Crippen LogP contribution in [-0.2, 0) is 0 Å². The Labute approximate surface area is 154 Å². The van der Waals surface area contributed by atoms with E-state index in [2.05, 4.69) is 36.9 Å². The molecule has 128 valence electrons. The monoisotopic (exact) mass is 338 g/mol. The van der Waals surface area contributed by atoms with Crippen molar-refractivity contribution < 1.29 is 5.11 Å². The molecular formula is C25H22O. The number of allylic oxidation sites excluding steroid dienone is 1. The van der Waals surface area contributed by atoms with E-state index in [1.165, 1.54) is 10.9 Å². The molecule has 0 bridgehead atoms. The molecule has 0 fully saturated rings. The van der Waals surface area contributed by atoms with Gasteiger partial charge in [-0.25, -0.2) is 0 Å². The first kappa shape index (κ1) is 17.5. The molecule has 0 aliphatic rings. The van der Waals surface area contributed by atoms with E-state index in [0.717, 1.165) is 22.1 Å². The summed E-state index contributed by atoms with van der Waals surface area (Å²) in [5.74, 6) is 0.323. The fraction of sp³-hybridized carbons (Fsp3) is 0.0400. The highest BCUT2D eigenvalue weighted by Gasteiger charge is 2.06. The Morgan fingerprint density at radius 3 is 1.92 bits per heavy atom. The fourth-order valence-electron chi connectivity index (χ4n) is 2.88. The second-order valence-electron chi connectivity index (χ2n) is 6.19. The molecule has 0 aliphatic carbocycles. The van der Waals surface area contributed by atoms with Crippen LogP contribution in [0.1, 0.15) is 12.5 Å². The highest BCUT2D eigenvalue weighted by molar-refractivity contribution is 5.97. The SMILES string of the molecule is C=C(C)c1ccccc1.Oc1ccccc1-c1cccc2ccccc12. The van der Waals surface area contributed by atoms with Crippen molar-refractivity contribution >= 4 is 16.3 Å². The van der Waals surface area contributed by atoms with Gasteiger partial charge < -0.3 is 5.11 Å². The van der Waals surface area contributed by atoms with Crippen molar-refractivity contribution in [2.45, 2.75) is 6.92 Å². The van der Waals surface area contributed by atoms with Crippen molar-refractivity contribution in [3.05, 3.63) is 109 Å². The number of benzene rings is 4. The van der Waals surface area contributed by atoms with Crippen LogP contribution in [0.2, 0.25) is 0 Å². The summed E-state index contributed by atoms with van der Waals surface area (Å²) < 4.78 is 0. The van der Waals surface area contributed by atoms with E-state index in [0.29, 0.717) is 5.75 Å². The minimum Gasteiger partial charge on any atom is -0.507 e. The van der Waals surface area contributed by atoms with Crippen LogP contribution in [0.25, 0.3) is 27.5 Å². The summed E-state index contributed by atoms with van der Waals surface area (Å²) in [7, 11) is 0. The van der Waals surface area contributed by atoms with Crippen molar-refractivity contribution in [1.29, 1.82) is 0 Å². The number of hydrogen-bond donors (Lipinski definition) is 1. The smallest absolute Gasteiger partial charge is 0.123 e. The molecule has 1 N–H and O–H groups in total. The summed E-state index contributed by atoms with van der Waals surface area (Å²) in [6.07, 6.45) is 0. The summed E-state index contributed by atoms with van der Waals surface area (Å²) in [6, 6.07) is 31.9. The first-order chi connectivity index (χ1) is 12.7. The Kier molecular flexibility index (Phi) is 5.50. The Morgan fingerprint density at radius 2 is 1.23 bits per heavy atom. The molecule has 4 rings (SSSR count). The Balaban J connectivity index is 0.000000185. The Hall–Kier alpha value is -3.32. The quantitative estimate of drug-likeness (QED) is 0.420. The van der Waals surface area contributed by atoms with Gasteiger partial charge in [-0.05, 0) is 34.9 Å². The van der Waals surface area contributed by atoms with Gasteiger partial charge in [-0.15, -0.1) is 0 Å². The second kappa shape index (κ2) is 8.17. The van der Waals surface area contributed by atoms with E-state index in [-0.39, 0.29) is 0 Å². The van der Waals surface area contributed by atoms with Crippen LogP contribution in [0.5, 0.6) is 5.75 Å². The molecule has 1 nitrogen and oxygen atoms in total. The average Bonchev–Trinajstić information content (AvgIpc) is 2.69. The molecule has 0 atom stereocenters. The van der Waals surface area contributed by atoms with Gasteiger partial charge in [0.1, 0.15) is 5.75 Å². The van der Waals surface area contributed by atoms with E-state index >= 15 is 0 Å². The summed E-state index contributed by atoms with van der Waals surface area (Å²) >= 11 is 0. The third-order valence-corrected chi connectivity index (χ3v) is 4.25. The predicted molar refractivity (Wildman–Crippen MR) is 112 cm³/mol. The van der Waals surface area contributed by atoms with Crippen molar-refractivity contribution in [1.82, 2.24) is 0 Å². The maximum absolute atomic E-state index is 9.92. The lowest BCUT2D eigenvalue weighted by Crippen LogP contribution is -1.81. The third-order valence-electron chi connectivity index (χ3n) is 4.25. The number of hydrogen-bond acceptors (Lipinski definition) is 1. The van der Waals surface area contributed by atoms with Crippen LogP contribution in [-0.4, -0.2) is 5.11 Å². The van der Waals surface area contributed by atoms with Crippen molar-refractivity contribution in [3.8, 4) is 16.9 Å². The summed E-state index contributed by atoms with van der Waals surface area (Å²) in [5.41, 5.74) is 4.29. The molecule has 0 radical (unpaired) electrons. The molecule has 0 saturated carbocycles. The van der Waals surface area contributed by atoms with Crippen molar-refractivity contribution in [2.24, 2.45) is 0 Å². The van der Waals surface area contributed by atoms with Crippen molar-refractivity contribution in [2.75, 3.05) is 0 Å². The lowest BCUT2D eigenvalue weighted by Gasteiger charge is -2.08. The lowest BCUT2D eigenvalue weighted by atomic mass is 9.98. The van der Waals surface area contributed by atoms with Gasteiger partial charge in [0.05, 0.1) is 0 Å². The number of rotatable bonds is 2. The molecule has 0 aromatic heterocycles. The van der Waals surface area contributed by atoms with E-state index < -0.39 is 0 Å². The third kappa shape index (κ3) is 4.01. The second-order valence-corrected chi connectivity index (χ2v) is 6.19. The zero-order valence-electron chi connectivity index (χ0n) is 14.9. The number of fused-ring (bicyclic) bond motifs is 1. The Bertz CT molecular complexity index is 1010. The van der Waals surface area contributed by atoms with Crippen LogP contribution in [0, 0.1) is 0 Å². The minimum absolute atomic E-state index is 0.323. The fourth-order valence-corrected chi connectivity index (χ4v) is 2.88. The number of phenols is 1. The molecule has 4 aromatic carbocycles. The molecular weight excluding hydrogens is 316 g/mol. The van der Waals surface area contributed by atoms with Gasteiger partial charge in [0, 0.05) is 5.56 Å². The molecule has 0 spiro atoms. The Morgan fingerprint density at radius 1 is 0.654 bits per heavy atom. The van der Waals surface area contributed by atoms with Crippen LogP contribution in [0.15, 0.2) is 104 Å². The molecule has 0 heterocycles. The highest BCUT2D eigenvalue weighted by Crippen LogP contribution is 2.33. The summed E-state index contributed by atoms with van der Waals surface area (Å²) in [6.45, 7) is 5.83. The zero-order valence-corrected chi connectivity index (χ0v) is 14.9. The lowest BCUT2D eigenvalue weighted by molar-refractivity contribution is 0.477. The van der Waals surface area contributed by atoms with Gasteiger partial charge in [-0.3, -0.25) is 0 Å². The van der Waals surface area contributed by atoms with E-state index in [9.17, 15) is 5.11 Å². The zero-order chi connectivity index (χ0) is 18.4. The average molecular weight is 338 g/mol. The van der Waals surface area contributed by atoms with Gasteiger partial charge in [0.15, 0.2) is 0 Å². The minimum atomic E-state index is 0.323. The first-order valence-corrected chi connectivity index (χ1v) is 8.64. The van der Waals surface area contributed by atoms with Gasteiger partial charge in [-0.1, -0.05) is 103 Å².